The molecule has 3 rings (SSSR count). The molecule has 3 heteroatoms. The number of aryl methyl sites for hydroxylation is 2. The molecule has 1 aliphatic rings. The SMILES string of the molecule is Cc1ccc2c(c1)CC(Cn1ccnc1C)O2. The Morgan fingerprint density at radius 3 is 3.06 bits per heavy atom. The van der Waals surface area contributed by atoms with Crippen LogP contribution in [0.15, 0.2) is 30.6 Å². The van der Waals surface area contributed by atoms with Gasteiger partial charge in [-0.05, 0) is 25.5 Å². The Morgan fingerprint density at radius 1 is 1.41 bits per heavy atom. The van der Waals surface area contributed by atoms with E-state index in [0.29, 0.717) is 0 Å². The molecule has 17 heavy (non-hydrogen) atoms. The van der Waals surface area contributed by atoms with Crippen LogP contribution in [0.2, 0.25) is 0 Å². The van der Waals surface area contributed by atoms with E-state index in [1.807, 2.05) is 19.3 Å². The summed E-state index contributed by atoms with van der Waals surface area (Å²) in [5.74, 6) is 2.08. The quantitative estimate of drug-likeness (QED) is 0.789. The van der Waals surface area contributed by atoms with Gasteiger partial charge in [-0.25, -0.2) is 4.98 Å². The highest BCUT2D eigenvalue weighted by molar-refractivity contribution is 5.40. The van der Waals surface area contributed by atoms with Crippen LogP contribution in [-0.2, 0) is 13.0 Å². The van der Waals surface area contributed by atoms with E-state index in [0.717, 1.165) is 24.5 Å². The Labute approximate surface area is 101 Å². The van der Waals surface area contributed by atoms with Crippen LogP contribution in [0.4, 0.5) is 0 Å². The first kappa shape index (κ1) is 10.4. The van der Waals surface area contributed by atoms with E-state index in [4.69, 9.17) is 4.74 Å². The molecule has 0 bridgehead atoms. The molecule has 88 valence electrons. The molecular weight excluding hydrogens is 212 g/mol. The normalized spacial score (nSPS) is 17.9. The fourth-order valence-corrected chi connectivity index (χ4v) is 2.37. The number of ether oxygens (including phenoxy) is 1. The van der Waals surface area contributed by atoms with Gasteiger partial charge in [0.15, 0.2) is 0 Å². The zero-order chi connectivity index (χ0) is 11.8. The van der Waals surface area contributed by atoms with Crippen molar-refractivity contribution in [3.63, 3.8) is 0 Å². The highest BCUT2D eigenvalue weighted by Gasteiger charge is 2.23. The smallest absolute Gasteiger partial charge is 0.123 e. The van der Waals surface area contributed by atoms with E-state index in [-0.39, 0.29) is 6.10 Å². The predicted octanol–water partition coefficient (Wildman–Crippen LogP) is 2.50. The maximum Gasteiger partial charge on any atom is 0.123 e. The molecule has 0 amide bonds. The van der Waals surface area contributed by atoms with Crippen LogP contribution in [0.5, 0.6) is 5.75 Å². The maximum atomic E-state index is 5.94. The van der Waals surface area contributed by atoms with Crippen LogP contribution < -0.4 is 4.74 Å². The van der Waals surface area contributed by atoms with Gasteiger partial charge in [0.25, 0.3) is 0 Å². The van der Waals surface area contributed by atoms with Crippen molar-refractivity contribution >= 4 is 0 Å². The first-order chi connectivity index (χ1) is 8.22. The molecule has 0 spiro atoms. The third-order valence-corrected chi connectivity index (χ3v) is 3.28. The van der Waals surface area contributed by atoms with E-state index < -0.39 is 0 Å². The minimum absolute atomic E-state index is 0.236. The third kappa shape index (κ3) is 1.93. The van der Waals surface area contributed by atoms with Crippen LogP contribution in [0.3, 0.4) is 0 Å². The van der Waals surface area contributed by atoms with Crippen LogP contribution in [-0.4, -0.2) is 15.7 Å². The lowest BCUT2D eigenvalue weighted by Gasteiger charge is -2.12. The van der Waals surface area contributed by atoms with Crippen LogP contribution in [0.25, 0.3) is 0 Å². The summed E-state index contributed by atoms with van der Waals surface area (Å²) in [5, 5.41) is 0. The predicted molar refractivity (Wildman–Crippen MR) is 66.3 cm³/mol. The van der Waals surface area contributed by atoms with Crippen molar-refractivity contribution in [2.75, 3.05) is 0 Å². The van der Waals surface area contributed by atoms with Gasteiger partial charge in [0.2, 0.25) is 0 Å². The van der Waals surface area contributed by atoms with E-state index in [1.54, 1.807) is 0 Å². The van der Waals surface area contributed by atoms with Crippen molar-refractivity contribution < 1.29 is 4.74 Å². The van der Waals surface area contributed by atoms with E-state index >= 15 is 0 Å². The second-order valence-electron chi connectivity index (χ2n) is 4.68. The average Bonchev–Trinajstić information content (AvgIpc) is 2.85. The molecule has 0 fully saturated rings. The Balaban J connectivity index is 1.76. The van der Waals surface area contributed by atoms with Gasteiger partial charge in [-0.3, -0.25) is 0 Å². The van der Waals surface area contributed by atoms with Gasteiger partial charge >= 0.3 is 0 Å². The van der Waals surface area contributed by atoms with Crippen molar-refractivity contribution in [1.82, 2.24) is 9.55 Å². The van der Waals surface area contributed by atoms with E-state index in [2.05, 4.69) is 34.7 Å². The Morgan fingerprint density at radius 2 is 2.29 bits per heavy atom. The molecule has 1 atom stereocenters. The highest BCUT2D eigenvalue weighted by atomic mass is 16.5. The summed E-state index contributed by atoms with van der Waals surface area (Å²) in [6.45, 7) is 5.01. The molecule has 0 radical (unpaired) electrons. The molecule has 1 aromatic carbocycles. The van der Waals surface area contributed by atoms with E-state index in [9.17, 15) is 0 Å². The van der Waals surface area contributed by atoms with Crippen molar-refractivity contribution in [3.8, 4) is 5.75 Å². The minimum atomic E-state index is 0.236. The highest BCUT2D eigenvalue weighted by Crippen LogP contribution is 2.30. The molecule has 3 nitrogen and oxygen atoms in total. The third-order valence-electron chi connectivity index (χ3n) is 3.28. The van der Waals surface area contributed by atoms with Gasteiger partial charge in [-0.2, -0.15) is 0 Å². The second-order valence-corrected chi connectivity index (χ2v) is 4.68. The molecule has 1 aliphatic heterocycles. The van der Waals surface area contributed by atoms with Gasteiger partial charge < -0.3 is 9.30 Å². The maximum absolute atomic E-state index is 5.94. The van der Waals surface area contributed by atoms with Gasteiger partial charge in [-0.15, -0.1) is 0 Å². The summed E-state index contributed by atoms with van der Waals surface area (Å²) in [4.78, 5) is 4.23. The summed E-state index contributed by atoms with van der Waals surface area (Å²) in [5.41, 5.74) is 2.62. The summed E-state index contributed by atoms with van der Waals surface area (Å²) in [6, 6.07) is 6.39. The Hall–Kier alpha value is -1.77. The number of imidazole rings is 1. The molecule has 2 aromatic rings. The zero-order valence-corrected chi connectivity index (χ0v) is 10.2. The monoisotopic (exact) mass is 228 g/mol. The van der Waals surface area contributed by atoms with Crippen LogP contribution >= 0.6 is 0 Å². The van der Waals surface area contributed by atoms with Crippen molar-refractivity contribution in [3.05, 3.63) is 47.5 Å². The lowest BCUT2D eigenvalue weighted by molar-refractivity contribution is 0.208. The first-order valence-electron chi connectivity index (χ1n) is 5.96. The van der Waals surface area contributed by atoms with Crippen molar-refractivity contribution in [2.45, 2.75) is 32.9 Å². The molecule has 0 aliphatic carbocycles. The van der Waals surface area contributed by atoms with Crippen molar-refractivity contribution in [2.24, 2.45) is 0 Å². The van der Waals surface area contributed by atoms with Gasteiger partial charge in [0, 0.05) is 18.8 Å². The molecular formula is C14H16N2O. The fourth-order valence-electron chi connectivity index (χ4n) is 2.37. The summed E-state index contributed by atoms with van der Waals surface area (Å²) >= 11 is 0. The van der Waals surface area contributed by atoms with Gasteiger partial charge in [0.05, 0.1) is 6.54 Å². The molecule has 1 aromatic heterocycles. The zero-order valence-electron chi connectivity index (χ0n) is 10.2. The largest absolute Gasteiger partial charge is 0.488 e. The second kappa shape index (κ2) is 3.91. The minimum Gasteiger partial charge on any atom is -0.488 e. The summed E-state index contributed by atoms with van der Waals surface area (Å²) < 4.78 is 8.08. The number of rotatable bonds is 2. The lowest BCUT2D eigenvalue weighted by Crippen LogP contribution is -2.21. The van der Waals surface area contributed by atoms with Gasteiger partial charge in [0.1, 0.15) is 17.7 Å². The number of fused-ring (bicyclic) bond motifs is 1. The number of hydrogen-bond acceptors (Lipinski definition) is 2. The topological polar surface area (TPSA) is 27.1 Å². The number of nitrogens with zero attached hydrogens (tertiary/aromatic N) is 2. The number of aromatic nitrogens is 2. The van der Waals surface area contributed by atoms with E-state index in [1.165, 1.54) is 11.1 Å². The Kier molecular flexibility index (Phi) is 2.39. The lowest BCUT2D eigenvalue weighted by atomic mass is 10.1. The van der Waals surface area contributed by atoms with Crippen LogP contribution in [0.1, 0.15) is 17.0 Å². The molecule has 0 saturated carbocycles. The van der Waals surface area contributed by atoms with Crippen molar-refractivity contribution in [1.29, 1.82) is 0 Å². The van der Waals surface area contributed by atoms with Gasteiger partial charge in [-0.1, -0.05) is 17.7 Å². The molecule has 0 N–H and O–H groups in total. The fraction of sp³-hybridized carbons (Fsp3) is 0.357. The summed E-state index contributed by atoms with van der Waals surface area (Å²) in [6.07, 6.45) is 5.07. The average molecular weight is 228 g/mol. The number of hydrogen-bond donors (Lipinski definition) is 0. The number of benzene rings is 1. The molecule has 2 heterocycles. The molecule has 1 unspecified atom stereocenters. The summed E-state index contributed by atoms with van der Waals surface area (Å²) in [7, 11) is 0. The van der Waals surface area contributed by atoms with Crippen LogP contribution in [0, 0.1) is 13.8 Å². The standard InChI is InChI=1S/C14H16N2O/c1-10-3-4-14-12(7-10)8-13(17-14)9-16-6-5-15-11(16)2/h3-7,13H,8-9H2,1-2H3. The molecule has 0 saturated heterocycles. The first-order valence-corrected chi connectivity index (χ1v) is 5.96. The Bertz CT molecular complexity index is 545.